The van der Waals surface area contributed by atoms with E-state index in [4.69, 9.17) is 37.9 Å². The number of ketones is 1. The van der Waals surface area contributed by atoms with Crippen molar-refractivity contribution in [2.45, 2.75) is 103 Å². The highest BCUT2D eigenvalue weighted by Crippen LogP contribution is 2.65. The minimum absolute atomic E-state index is 0.0826. The van der Waals surface area contributed by atoms with E-state index in [0.29, 0.717) is 16.9 Å². The third kappa shape index (κ3) is 8.39. The Labute approximate surface area is 381 Å². The molecule has 0 amide bonds. The number of Topliss-reactive ketones (excluding diaryl/α,β-unsaturated/α-hetero) is 1. The Bertz CT molecular complexity index is 2510. The van der Waals surface area contributed by atoms with Gasteiger partial charge in [-0.1, -0.05) is 50.2 Å². The molecule has 3 aromatic rings. The van der Waals surface area contributed by atoms with Crippen molar-refractivity contribution in [2.75, 3.05) is 13.7 Å². The van der Waals surface area contributed by atoms with E-state index < -0.39 is 100 Å². The molecule has 0 aromatic heterocycles. The number of hydrogen-bond acceptors (Lipinski definition) is 16. The monoisotopic (exact) mass is 908 g/mol. The largest absolute Gasteiger partial charge is 0.497 e. The minimum Gasteiger partial charge on any atom is -0.497 e. The molecule has 2 saturated carbocycles. The van der Waals surface area contributed by atoms with Crippen molar-refractivity contribution in [3.8, 4) is 11.5 Å². The minimum atomic E-state index is -2.29. The highest BCUT2D eigenvalue weighted by molar-refractivity contribution is 5.96. The van der Waals surface area contributed by atoms with Crippen LogP contribution >= 0.6 is 0 Å². The third-order valence-corrected chi connectivity index (χ3v) is 13.5. The lowest BCUT2D eigenvalue weighted by atomic mass is 9.44. The van der Waals surface area contributed by atoms with Crippen LogP contribution in [0.25, 0.3) is 6.08 Å². The van der Waals surface area contributed by atoms with Gasteiger partial charge in [-0.15, -0.1) is 0 Å². The Morgan fingerprint density at radius 2 is 1.44 bits per heavy atom. The van der Waals surface area contributed by atoms with Crippen LogP contribution in [0, 0.1) is 16.7 Å². The molecule has 66 heavy (non-hydrogen) atoms. The van der Waals surface area contributed by atoms with E-state index in [9.17, 15) is 33.9 Å². The Kier molecular flexibility index (Phi) is 12.9. The highest BCUT2D eigenvalue weighted by Gasteiger charge is 2.79. The first kappa shape index (κ1) is 47.3. The number of fused-ring (bicyclic) bond motifs is 5. The van der Waals surface area contributed by atoms with Gasteiger partial charge in [-0.05, 0) is 79.1 Å². The molecule has 16 nitrogen and oxygen atoms in total. The van der Waals surface area contributed by atoms with Crippen molar-refractivity contribution >= 4 is 47.7 Å². The summed E-state index contributed by atoms with van der Waals surface area (Å²) in [5.74, 6) is -6.49. The van der Waals surface area contributed by atoms with Gasteiger partial charge in [0.05, 0.1) is 36.2 Å². The summed E-state index contributed by atoms with van der Waals surface area (Å²) in [6.07, 6.45) is -5.34. The molecule has 3 aliphatic carbocycles. The van der Waals surface area contributed by atoms with E-state index in [1.807, 2.05) is 0 Å². The molecule has 1 N–H and O–H groups in total. The second kappa shape index (κ2) is 18.0. The summed E-state index contributed by atoms with van der Waals surface area (Å²) in [5.41, 5.74) is -6.50. The second-order valence-electron chi connectivity index (χ2n) is 17.8. The number of carbonyl (C=O) groups excluding carboxylic acids is 7. The third-order valence-electron chi connectivity index (χ3n) is 13.5. The smallest absolute Gasteiger partial charge is 0.343 e. The van der Waals surface area contributed by atoms with E-state index in [2.05, 4.69) is 0 Å². The lowest BCUT2D eigenvalue weighted by Gasteiger charge is -2.67. The van der Waals surface area contributed by atoms with Crippen LogP contribution in [0.1, 0.15) is 87.6 Å². The van der Waals surface area contributed by atoms with Gasteiger partial charge in [0.25, 0.3) is 0 Å². The van der Waals surface area contributed by atoms with Crippen molar-refractivity contribution in [3.63, 3.8) is 0 Å². The molecule has 16 heteroatoms. The molecule has 3 aromatic carbocycles. The average Bonchev–Trinajstić information content (AvgIpc) is 3.26. The summed E-state index contributed by atoms with van der Waals surface area (Å²) >= 11 is 0. The molecule has 0 radical (unpaired) electrons. The highest BCUT2D eigenvalue weighted by atomic mass is 16.6. The molecule has 1 saturated heterocycles. The van der Waals surface area contributed by atoms with Crippen LogP contribution in [0.4, 0.5) is 0 Å². The summed E-state index contributed by atoms with van der Waals surface area (Å²) in [7, 11) is 1.48. The van der Waals surface area contributed by atoms with Crippen molar-refractivity contribution in [3.05, 3.63) is 113 Å². The summed E-state index contributed by atoms with van der Waals surface area (Å²) in [4.78, 5) is 95.8. The molecule has 348 valence electrons. The molecule has 9 atom stereocenters. The number of esters is 6. The topological polar surface area (TPSA) is 214 Å². The van der Waals surface area contributed by atoms with Crippen LogP contribution in [-0.4, -0.2) is 102 Å². The van der Waals surface area contributed by atoms with Crippen LogP contribution in [0.15, 0.2) is 96.1 Å². The zero-order chi connectivity index (χ0) is 47.9. The molecule has 0 unspecified atom stereocenters. The summed E-state index contributed by atoms with van der Waals surface area (Å²) < 4.78 is 47.2. The van der Waals surface area contributed by atoms with Gasteiger partial charge in [-0.2, -0.15) is 0 Å². The lowest BCUT2D eigenvalue weighted by molar-refractivity contribution is -0.346. The Hall–Kier alpha value is -6.65. The fourth-order valence-electron chi connectivity index (χ4n) is 10.3. The predicted octanol–water partition coefficient (Wildman–Crippen LogP) is 5.72. The fraction of sp³-hybridized carbons (Fsp3) is 0.420. The summed E-state index contributed by atoms with van der Waals surface area (Å²) in [6.45, 7) is 9.36. The molecule has 3 fully saturated rings. The molecular weight excluding hydrogens is 857 g/mol. The van der Waals surface area contributed by atoms with Crippen molar-refractivity contribution < 1.29 is 76.6 Å². The molecular formula is C50H52O16. The van der Waals surface area contributed by atoms with Gasteiger partial charge < -0.3 is 43.0 Å². The quantitative estimate of drug-likeness (QED) is 0.0802. The molecule has 4 aliphatic rings. The number of carbonyl (C=O) groups is 7. The first-order valence-electron chi connectivity index (χ1n) is 21.4. The van der Waals surface area contributed by atoms with E-state index in [1.165, 1.54) is 51.3 Å². The van der Waals surface area contributed by atoms with Crippen LogP contribution in [-0.2, 0) is 52.4 Å². The van der Waals surface area contributed by atoms with Gasteiger partial charge >= 0.3 is 35.8 Å². The van der Waals surface area contributed by atoms with E-state index in [1.54, 1.807) is 75.4 Å². The number of aliphatic hydroxyl groups is 1. The number of hydrogen-bond donors (Lipinski definition) is 1. The Morgan fingerprint density at radius 3 is 2.05 bits per heavy atom. The van der Waals surface area contributed by atoms with E-state index in [0.717, 1.165) is 19.9 Å². The Balaban J connectivity index is 1.32. The maximum Gasteiger partial charge on any atom is 0.343 e. The fourth-order valence-corrected chi connectivity index (χ4v) is 10.3. The number of benzene rings is 3. The van der Waals surface area contributed by atoms with Gasteiger partial charge in [0.1, 0.15) is 41.5 Å². The number of rotatable bonds is 11. The SMILES string of the molecule is COc1cccc(C(=O)Oc2ccc(/C=C/C(=O)O[C@H]3C[C@H]4OC[C@@]4(OC(C)=O)[C@H]4[C@H](OC(=O)c5ccccc5)[C@]5(O)C[C@H](OC(C)=O)C(C)=C([C@@H](OC(C)=O)C(=O)[C@]34C)C5(C)C)cc2)c1. The normalized spacial score (nSPS) is 29.6. The molecule has 1 heterocycles. The summed E-state index contributed by atoms with van der Waals surface area (Å²) in [6, 6.07) is 20.6. The lowest BCUT2D eigenvalue weighted by Crippen LogP contribution is -2.82. The first-order chi connectivity index (χ1) is 31.2. The van der Waals surface area contributed by atoms with Crippen molar-refractivity contribution in [1.29, 1.82) is 0 Å². The van der Waals surface area contributed by atoms with Crippen molar-refractivity contribution in [2.24, 2.45) is 16.7 Å². The van der Waals surface area contributed by atoms with Gasteiger partial charge in [-0.25, -0.2) is 14.4 Å². The van der Waals surface area contributed by atoms with E-state index in [-0.39, 0.29) is 41.9 Å². The zero-order valence-electron chi connectivity index (χ0n) is 37.8. The Morgan fingerprint density at radius 1 is 0.773 bits per heavy atom. The maximum absolute atomic E-state index is 15.9. The van der Waals surface area contributed by atoms with Gasteiger partial charge in [0.15, 0.2) is 17.5 Å². The van der Waals surface area contributed by atoms with Gasteiger partial charge in [-0.3, -0.25) is 19.2 Å². The maximum atomic E-state index is 15.9. The number of methoxy groups -OCH3 is 1. The van der Waals surface area contributed by atoms with Gasteiger partial charge in [0, 0.05) is 45.1 Å². The van der Waals surface area contributed by atoms with Crippen LogP contribution < -0.4 is 9.47 Å². The number of ether oxygens (including phenoxy) is 8. The van der Waals surface area contributed by atoms with Crippen molar-refractivity contribution in [1.82, 2.24) is 0 Å². The van der Waals surface area contributed by atoms with Crippen LogP contribution in [0.5, 0.6) is 11.5 Å². The summed E-state index contributed by atoms with van der Waals surface area (Å²) in [5, 5.41) is 13.6. The molecule has 0 spiro atoms. The van der Waals surface area contributed by atoms with Crippen LogP contribution in [0.3, 0.4) is 0 Å². The van der Waals surface area contributed by atoms with E-state index >= 15 is 4.79 Å². The molecule has 1 aliphatic heterocycles. The standard InChI is InChI=1S/C50H52O16/c1-27-36(61-28(2)51)25-50(58)44(65-45(56)32-13-10-9-11-14-32)42-48(7,43(55)41(62-29(3)52)40(27)47(50,5)6)37(24-38-49(42,26-60-38)66-30(4)53)64-39(54)22-19-31-17-20-34(21-18-31)63-46(57)33-15-12-16-35(23-33)59-8/h9-23,36-38,41-42,44,58H,24-26H2,1-8H3/b22-19+/t36-,37-,38+,41+,42-,44-,48+,49-,50+/m0/s1. The molecule has 7 rings (SSSR count). The zero-order valence-corrected chi connectivity index (χ0v) is 37.8. The molecule has 2 bridgehead atoms. The van der Waals surface area contributed by atoms with Gasteiger partial charge in [0.2, 0.25) is 0 Å². The van der Waals surface area contributed by atoms with Crippen LogP contribution in [0.2, 0.25) is 0 Å². The first-order valence-corrected chi connectivity index (χ1v) is 21.4. The predicted molar refractivity (Wildman–Crippen MR) is 232 cm³/mol. The average molecular weight is 909 g/mol. The second-order valence-corrected chi connectivity index (χ2v) is 17.8.